The van der Waals surface area contributed by atoms with Crippen molar-refractivity contribution in [1.82, 2.24) is 9.97 Å². The molecule has 6 heteroatoms. The van der Waals surface area contributed by atoms with E-state index in [1.165, 1.54) is 0 Å². The number of nitrogens with one attached hydrogen (secondary N) is 1. The molecule has 1 aromatic carbocycles. The van der Waals surface area contributed by atoms with Gasteiger partial charge in [-0.3, -0.25) is 0 Å². The maximum absolute atomic E-state index is 12.7. The minimum atomic E-state index is -2.70. The van der Waals surface area contributed by atoms with Gasteiger partial charge in [0.15, 0.2) is 5.82 Å². The summed E-state index contributed by atoms with van der Waals surface area (Å²) in [7, 11) is 0. The molecular formula is C12H13F2N3O. The molecular weight excluding hydrogens is 240 g/mol. The molecule has 96 valence electrons. The Morgan fingerprint density at radius 3 is 2.72 bits per heavy atom. The number of para-hydroxylation sites is 1. The number of rotatable bonds is 5. The van der Waals surface area contributed by atoms with Gasteiger partial charge in [-0.15, -0.1) is 0 Å². The highest BCUT2D eigenvalue weighted by Crippen LogP contribution is 2.24. The maximum atomic E-state index is 12.7. The number of aliphatic hydroxyl groups excluding tert-OH is 1. The molecule has 0 aliphatic carbocycles. The normalized spacial score (nSPS) is 11.1. The van der Waals surface area contributed by atoms with Crippen LogP contribution in [0.3, 0.4) is 0 Å². The molecule has 0 unspecified atom stereocenters. The molecule has 4 nitrogen and oxygen atoms in total. The van der Waals surface area contributed by atoms with Crippen molar-refractivity contribution in [2.45, 2.75) is 12.8 Å². The Balaban J connectivity index is 2.40. The number of fused-ring (bicyclic) bond motifs is 1. The molecule has 0 aliphatic rings. The molecule has 0 amide bonds. The van der Waals surface area contributed by atoms with Crippen molar-refractivity contribution >= 4 is 16.7 Å². The Morgan fingerprint density at radius 1 is 1.22 bits per heavy atom. The first-order chi connectivity index (χ1) is 8.72. The number of alkyl halides is 2. The third kappa shape index (κ3) is 2.70. The van der Waals surface area contributed by atoms with Gasteiger partial charge < -0.3 is 10.4 Å². The summed E-state index contributed by atoms with van der Waals surface area (Å²) in [6.07, 6.45) is -2.17. The highest BCUT2D eigenvalue weighted by atomic mass is 19.3. The van der Waals surface area contributed by atoms with Crippen LogP contribution in [0.15, 0.2) is 24.3 Å². The monoisotopic (exact) mass is 253 g/mol. The van der Waals surface area contributed by atoms with Crippen LogP contribution in [0.1, 0.15) is 18.7 Å². The number of aliphatic hydroxyl groups is 1. The summed E-state index contributed by atoms with van der Waals surface area (Å²) in [5, 5.41) is 12.3. The molecule has 18 heavy (non-hydrogen) atoms. The van der Waals surface area contributed by atoms with E-state index in [1.54, 1.807) is 24.3 Å². The average Bonchev–Trinajstić information content (AvgIpc) is 2.38. The predicted octanol–water partition coefficient (Wildman–Crippen LogP) is 2.36. The van der Waals surface area contributed by atoms with Gasteiger partial charge in [0, 0.05) is 18.5 Å². The van der Waals surface area contributed by atoms with Crippen LogP contribution in [0.5, 0.6) is 0 Å². The molecule has 0 saturated carbocycles. The lowest BCUT2D eigenvalue weighted by Crippen LogP contribution is -2.08. The molecule has 1 aromatic heterocycles. The molecule has 0 radical (unpaired) electrons. The Labute approximate surface area is 103 Å². The summed E-state index contributed by atoms with van der Waals surface area (Å²) in [6, 6.07) is 6.97. The van der Waals surface area contributed by atoms with E-state index in [9.17, 15) is 8.78 Å². The Bertz CT molecular complexity index is 534. The van der Waals surface area contributed by atoms with E-state index in [4.69, 9.17) is 5.11 Å². The van der Waals surface area contributed by atoms with E-state index in [-0.39, 0.29) is 6.61 Å². The molecule has 0 atom stereocenters. The van der Waals surface area contributed by atoms with Crippen LogP contribution < -0.4 is 5.32 Å². The number of nitrogens with zero attached hydrogens (tertiary/aromatic N) is 2. The summed E-state index contributed by atoms with van der Waals surface area (Å²) < 4.78 is 25.3. The van der Waals surface area contributed by atoms with Crippen LogP contribution in [0.4, 0.5) is 14.6 Å². The fourth-order valence-electron chi connectivity index (χ4n) is 1.61. The molecule has 2 N–H and O–H groups in total. The molecule has 0 saturated heterocycles. The SMILES string of the molecule is OCCCNc1nc(C(F)F)nc2ccccc12. The van der Waals surface area contributed by atoms with Crippen molar-refractivity contribution in [3.63, 3.8) is 0 Å². The van der Waals surface area contributed by atoms with Crippen molar-refractivity contribution in [1.29, 1.82) is 0 Å². The fourth-order valence-corrected chi connectivity index (χ4v) is 1.61. The standard InChI is InChI=1S/C12H13F2N3O/c13-10(14)12-16-9-5-2-1-4-8(9)11(17-12)15-6-3-7-18/h1-2,4-5,10,18H,3,6-7H2,(H,15,16,17). The number of hydrogen-bond acceptors (Lipinski definition) is 4. The second-order valence-corrected chi connectivity index (χ2v) is 3.75. The van der Waals surface area contributed by atoms with E-state index in [2.05, 4.69) is 15.3 Å². The van der Waals surface area contributed by atoms with Crippen LogP contribution in [0.2, 0.25) is 0 Å². The first-order valence-electron chi connectivity index (χ1n) is 5.62. The Kier molecular flexibility index (Phi) is 3.99. The van der Waals surface area contributed by atoms with Gasteiger partial charge in [-0.1, -0.05) is 12.1 Å². The first kappa shape index (κ1) is 12.6. The Morgan fingerprint density at radius 2 is 2.00 bits per heavy atom. The molecule has 0 aliphatic heterocycles. The molecule has 0 fully saturated rings. The zero-order chi connectivity index (χ0) is 13.0. The molecule has 2 aromatic rings. The molecule has 2 rings (SSSR count). The highest BCUT2D eigenvalue weighted by molar-refractivity contribution is 5.88. The summed E-state index contributed by atoms with van der Waals surface area (Å²) in [5.41, 5.74) is 0.481. The number of benzene rings is 1. The zero-order valence-electron chi connectivity index (χ0n) is 9.61. The van der Waals surface area contributed by atoms with E-state index in [0.29, 0.717) is 29.7 Å². The zero-order valence-corrected chi connectivity index (χ0v) is 9.61. The van der Waals surface area contributed by atoms with Gasteiger partial charge in [0.25, 0.3) is 6.43 Å². The average molecular weight is 253 g/mol. The van der Waals surface area contributed by atoms with Gasteiger partial charge in [0.1, 0.15) is 5.82 Å². The third-order valence-corrected chi connectivity index (χ3v) is 2.44. The molecule has 0 bridgehead atoms. The van der Waals surface area contributed by atoms with Crippen LogP contribution >= 0.6 is 0 Å². The van der Waals surface area contributed by atoms with Crippen LogP contribution in [0.25, 0.3) is 10.9 Å². The quantitative estimate of drug-likeness (QED) is 0.803. The van der Waals surface area contributed by atoms with Gasteiger partial charge in [-0.05, 0) is 18.6 Å². The van der Waals surface area contributed by atoms with Crippen molar-refractivity contribution in [2.75, 3.05) is 18.5 Å². The van der Waals surface area contributed by atoms with Crippen LogP contribution in [0, 0.1) is 0 Å². The lowest BCUT2D eigenvalue weighted by atomic mass is 10.2. The fraction of sp³-hybridized carbons (Fsp3) is 0.333. The van der Waals surface area contributed by atoms with Gasteiger partial charge in [0.2, 0.25) is 0 Å². The van der Waals surface area contributed by atoms with Gasteiger partial charge in [0.05, 0.1) is 5.52 Å². The summed E-state index contributed by atoms with van der Waals surface area (Å²) in [6.45, 7) is 0.512. The summed E-state index contributed by atoms with van der Waals surface area (Å²) >= 11 is 0. The number of anilines is 1. The predicted molar refractivity (Wildman–Crippen MR) is 64.7 cm³/mol. The number of halogens is 2. The van der Waals surface area contributed by atoms with Crippen molar-refractivity contribution in [3.05, 3.63) is 30.1 Å². The summed E-state index contributed by atoms with van der Waals surface area (Å²) in [5.74, 6) is -0.107. The van der Waals surface area contributed by atoms with Crippen LogP contribution in [-0.4, -0.2) is 28.2 Å². The maximum Gasteiger partial charge on any atom is 0.297 e. The van der Waals surface area contributed by atoms with E-state index in [0.717, 1.165) is 0 Å². The van der Waals surface area contributed by atoms with Crippen molar-refractivity contribution in [2.24, 2.45) is 0 Å². The number of aromatic nitrogens is 2. The molecule has 1 heterocycles. The first-order valence-corrected chi connectivity index (χ1v) is 5.62. The van der Waals surface area contributed by atoms with Gasteiger partial charge >= 0.3 is 0 Å². The second kappa shape index (κ2) is 5.68. The van der Waals surface area contributed by atoms with Crippen molar-refractivity contribution in [3.8, 4) is 0 Å². The van der Waals surface area contributed by atoms with E-state index < -0.39 is 12.2 Å². The van der Waals surface area contributed by atoms with Crippen molar-refractivity contribution < 1.29 is 13.9 Å². The minimum absolute atomic E-state index is 0.0394. The third-order valence-electron chi connectivity index (χ3n) is 2.44. The second-order valence-electron chi connectivity index (χ2n) is 3.75. The van der Waals surface area contributed by atoms with Gasteiger partial charge in [-0.2, -0.15) is 0 Å². The van der Waals surface area contributed by atoms with Gasteiger partial charge in [-0.25, -0.2) is 18.7 Å². The Hall–Kier alpha value is -1.82. The molecule has 0 spiro atoms. The van der Waals surface area contributed by atoms with Crippen LogP contribution in [-0.2, 0) is 0 Å². The number of hydrogen-bond donors (Lipinski definition) is 2. The largest absolute Gasteiger partial charge is 0.396 e. The highest BCUT2D eigenvalue weighted by Gasteiger charge is 2.14. The lowest BCUT2D eigenvalue weighted by molar-refractivity contribution is 0.141. The smallest absolute Gasteiger partial charge is 0.297 e. The summed E-state index contributed by atoms with van der Waals surface area (Å²) in [4.78, 5) is 7.63. The topological polar surface area (TPSA) is 58.0 Å². The van der Waals surface area contributed by atoms with E-state index in [1.807, 2.05) is 0 Å². The minimum Gasteiger partial charge on any atom is -0.396 e. The van der Waals surface area contributed by atoms with E-state index >= 15 is 0 Å². The lowest BCUT2D eigenvalue weighted by Gasteiger charge is -2.09.